The minimum atomic E-state index is -0.421. The van der Waals surface area contributed by atoms with E-state index in [1.54, 1.807) is 41.7 Å². The van der Waals surface area contributed by atoms with E-state index in [-0.39, 0.29) is 27.7 Å². The van der Waals surface area contributed by atoms with Gasteiger partial charge in [0.25, 0.3) is 5.91 Å². The van der Waals surface area contributed by atoms with Crippen molar-refractivity contribution in [3.8, 4) is 17.2 Å². The molecule has 40 heavy (non-hydrogen) atoms. The van der Waals surface area contributed by atoms with Crippen LogP contribution in [-0.4, -0.2) is 16.7 Å². The van der Waals surface area contributed by atoms with Gasteiger partial charge in [0, 0.05) is 27.1 Å². The molecule has 0 aliphatic rings. The van der Waals surface area contributed by atoms with Gasteiger partial charge in [0.1, 0.15) is 27.2 Å². The maximum Gasteiger partial charge on any atom is 0.267 e. The zero-order valence-corrected chi connectivity index (χ0v) is 23.4. The Morgan fingerprint density at radius 2 is 1.77 bits per heavy atom. The highest BCUT2D eigenvalue weighted by atomic mass is 32.1. The molecule has 0 atom stereocenters. The number of hydrogen-bond acceptors (Lipinski definition) is 8. The predicted molar refractivity (Wildman–Crippen MR) is 165 cm³/mol. The van der Waals surface area contributed by atoms with Crippen LogP contribution in [0.2, 0.25) is 0 Å². The van der Waals surface area contributed by atoms with E-state index in [0.717, 1.165) is 27.3 Å². The molecule has 0 bridgehead atoms. The highest BCUT2D eigenvalue weighted by molar-refractivity contribution is 7.21. The molecule has 0 saturated carbocycles. The summed E-state index contributed by atoms with van der Waals surface area (Å²) in [5.41, 5.74) is 16.6. The quantitative estimate of drug-likeness (QED) is 0.140. The Labute approximate surface area is 239 Å². The molecule has 0 radical (unpaired) electrons. The number of nitriles is 1. The highest BCUT2D eigenvalue weighted by Crippen LogP contribution is 2.43. The summed E-state index contributed by atoms with van der Waals surface area (Å²) in [4.78, 5) is 31.9. The number of allylic oxidation sites excluding steroid dienone is 1. The summed E-state index contributed by atoms with van der Waals surface area (Å²) in [6, 6.07) is 20.5. The summed E-state index contributed by atoms with van der Waals surface area (Å²) < 4.78 is 0. The van der Waals surface area contributed by atoms with Gasteiger partial charge in [-0.15, -0.1) is 22.7 Å². The van der Waals surface area contributed by atoms with Gasteiger partial charge in [0.2, 0.25) is 0 Å². The van der Waals surface area contributed by atoms with E-state index in [1.807, 2.05) is 41.8 Å². The van der Waals surface area contributed by atoms with Crippen LogP contribution in [0.1, 0.15) is 55.8 Å². The number of carbonyl (C=O) groups is 2. The first-order valence-corrected chi connectivity index (χ1v) is 14.2. The van der Waals surface area contributed by atoms with E-state index in [2.05, 4.69) is 30.2 Å². The summed E-state index contributed by atoms with van der Waals surface area (Å²) in [5, 5.41) is 15.2. The number of nitrogens with one attached hydrogen (secondary N) is 1. The number of fused-ring (bicyclic) bond motifs is 1. The molecule has 3 aromatic heterocycles. The monoisotopic (exact) mass is 563 g/mol. The van der Waals surface area contributed by atoms with Crippen LogP contribution in [0, 0.1) is 11.3 Å². The third kappa shape index (κ3) is 5.23. The summed E-state index contributed by atoms with van der Waals surface area (Å²) in [7, 11) is 0. The number of thiophene rings is 2. The van der Waals surface area contributed by atoms with Crippen LogP contribution >= 0.6 is 22.7 Å². The largest absolute Gasteiger partial charge is 0.397 e. The molecule has 0 fully saturated rings. The first kappa shape index (κ1) is 26.8. The van der Waals surface area contributed by atoms with E-state index in [4.69, 9.17) is 11.5 Å². The highest BCUT2D eigenvalue weighted by Gasteiger charge is 2.24. The SMILES string of the molecule is CC(C)c1ccc(-c2c(C#N)c(N)nc3sc(C(=O)Nc4ccc(C(=O)/C=C/c5cccs5)cc4)c(N)c23)cc1. The van der Waals surface area contributed by atoms with Gasteiger partial charge in [0.15, 0.2) is 5.78 Å². The smallest absolute Gasteiger partial charge is 0.267 e. The lowest BCUT2D eigenvalue weighted by atomic mass is 9.94. The summed E-state index contributed by atoms with van der Waals surface area (Å²) in [6.07, 6.45) is 3.30. The van der Waals surface area contributed by atoms with Crippen molar-refractivity contribution in [1.29, 1.82) is 5.26 Å². The summed E-state index contributed by atoms with van der Waals surface area (Å²) >= 11 is 2.67. The first-order valence-electron chi connectivity index (χ1n) is 12.5. The van der Waals surface area contributed by atoms with Crippen molar-refractivity contribution < 1.29 is 9.59 Å². The van der Waals surface area contributed by atoms with Crippen LogP contribution in [-0.2, 0) is 0 Å². The molecule has 0 spiro atoms. The van der Waals surface area contributed by atoms with Crippen molar-refractivity contribution in [1.82, 2.24) is 4.98 Å². The average Bonchev–Trinajstić information content (AvgIpc) is 3.59. The van der Waals surface area contributed by atoms with Crippen LogP contribution < -0.4 is 16.8 Å². The second kappa shape index (κ2) is 11.1. The fourth-order valence-corrected chi connectivity index (χ4v) is 5.95. The number of amides is 1. The summed E-state index contributed by atoms with van der Waals surface area (Å²) in [6.45, 7) is 4.21. The molecular formula is C31H25N5O2S2. The van der Waals surface area contributed by atoms with E-state index in [0.29, 0.717) is 32.9 Å². The van der Waals surface area contributed by atoms with Crippen molar-refractivity contribution in [2.45, 2.75) is 19.8 Å². The molecule has 7 nitrogen and oxygen atoms in total. The van der Waals surface area contributed by atoms with Crippen LogP contribution in [0.15, 0.2) is 72.1 Å². The fraction of sp³-hybridized carbons (Fsp3) is 0.0968. The Hall–Kier alpha value is -4.78. The number of nitrogens with zero attached hydrogens (tertiary/aromatic N) is 2. The second-order valence-electron chi connectivity index (χ2n) is 9.41. The number of anilines is 3. The predicted octanol–water partition coefficient (Wildman–Crippen LogP) is 7.33. The number of nitrogens with two attached hydrogens (primary N) is 2. The molecule has 5 N–H and O–H groups in total. The minimum Gasteiger partial charge on any atom is -0.397 e. The van der Waals surface area contributed by atoms with Crippen molar-refractivity contribution >= 4 is 67.8 Å². The topological polar surface area (TPSA) is 135 Å². The number of carbonyl (C=O) groups excluding carboxylic acids is 2. The van der Waals surface area contributed by atoms with Crippen LogP contribution in [0.3, 0.4) is 0 Å². The van der Waals surface area contributed by atoms with Crippen molar-refractivity contribution in [2.75, 3.05) is 16.8 Å². The van der Waals surface area contributed by atoms with Crippen molar-refractivity contribution in [3.63, 3.8) is 0 Å². The Balaban J connectivity index is 1.44. The molecule has 0 unspecified atom stereocenters. The molecule has 1 amide bonds. The number of pyridine rings is 1. The fourth-order valence-electron chi connectivity index (χ4n) is 4.32. The summed E-state index contributed by atoms with van der Waals surface area (Å²) in [5.74, 6) is -0.121. The molecule has 0 aliphatic heterocycles. The lowest BCUT2D eigenvalue weighted by Gasteiger charge is -2.11. The molecule has 198 valence electrons. The number of ketones is 1. The second-order valence-corrected chi connectivity index (χ2v) is 11.4. The number of hydrogen-bond donors (Lipinski definition) is 3. The van der Waals surface area contributed by atoms with Crippen molar-refractivity contribution in [2.24, 2.45) is 0 Å². The lowest BCUT2D eigenvalue weighted by molar-refractivity contribution is 0.102. The molecule has 0 saturated heterocycles. The van der Waals surface area contributed by atoms with Gasteiger partial charge in [-0.25, -0.2) is 4.98 Å². The normalized spacial score (nSPS) is 11.2. The maximum atomic E-state index is 13.3. The number of aromatic nitrogens is 1. The Morgan fingerprint density at radius 3 is 2.40 bits per heavy atom. The van der Waals surface area contributed by atoms with Gasteiger partial charge in [-0.1, -0.05) is 44.2 Å². The van der Waals surface area contributed by atoms with Gasteiger partial charge in [-0.05, 0) is 64.9 Å². The van der Waals surface area contributed by atoms with Gasteiger partial charge in [-0.2, -0.15) is 5.26 Å². The third-order valence-electron chi connectivity index (χ3n) is 6.46. The van der Waals surface area contributed by atoms with Crippen LogP contribution in [0.4, 0.5) is 17.2 Å². The Kier molecular flexibility index (Phi) is 7.47. The van der Waals surface area contributed by atoms with Crippen LogP contribution in [0.25, 0.3) is 27.4 Å². The minimum absolute atomic E-state index is 0.0829. The number of rotatable bonds is 7. The molecule has 5 aromatic rings. The molecule has 3 heterocycles. The van der Waals surface area contributed by atoms with Crippen molar-refractivity contribution in [3.05, 3.63) is 98.6 Å². The number of nitrogen functional groups attached to an aromatic ring is 2. The Bertz CT molecular complexity index is 1790. The molecular weight excluding hydrogens is 539 g/mol. The van der Waals surface area contributed by atoms with E-state index in [9.17, 15) is 14.9 Å². The molecule has 2 aromatic carbocycles. The first-order chi connectivity index (χ1) is 19.3. The molecule has 5 rings (SSSR count). The van der Waals surface area contributed by atoms with Gasteiger partial charge in [0.05, 0.1) is 5.69 Å². The van der Waals surface area contributed by atoms with E-state index in [1.165, 1.54) is 6.08 Å². The Morgan fingerprint density at radius 1 is 1.05 bits per heavy atom. The zero-order valence-electron chi connectivity index (χ0n) is 21.8. The van der Waals surface area contributed by atoms with E-state index < -0.39 is 5.91 Å². The zero-order chi connectivity index (χ0) is 28.4. The van der Waals surface area contributed by atoms with Crippen LogP contribution in [0.5, 0.6) is 0 Å². The number of benzene rings is 2. The lowest BCUT2D eigenvalue weighted by Crippen LogP contribution is -2.12. The molecule has 0 aliphatic carbocycles. The van der Waals surface area contributed by atoms with Gasteiger partial charge in [-0.3, -0.25) is 9.59 Å². The standard InChI is InChI=1S/C31H25N5O2S2/c1-17(2)18-5-7-20(8-6-18)25-23(16-32)29(34)36-31-26(25)27(33)28(40-31)30(38)35-21-11-9-19(10-12-21)24(37)14-13-22-4-3-15-39-22/h3-15,17H,33H2,1-2H3,(H2,34,36)(H,35,38)/b14-13+. The van der Waals surface area contributed by atoms with Gasteiger partial charge < -0.3 is 16.8 Å². The molecule has 9 heteroatoms. The maximum absolute atomic E-state index is 13.3. The van der Waals surface area contributed by atoms with E-state index >= 15 is 0 Å². The van der Waals surface area contributed by atoms with Gasteiger partial charge >= 0.3 is 0 Å². The average molecular weight is 564 g/mol. The third-order valence-corrected chi connectivity index (χ3v) is 8.39.